The topological polar surface area (TPSA) is 24.1 Å². The van der Waals surface area contributed by atoms with Crippen molar-refractivity contribution in [3.8, 4) is 0 Å². The molecule has 1 rings (SSSR count). The van der Waals surface area contributed by atoms with Crippen LogP contribution in [0.3, 0.4) is 0 Å². The molecule has 1 saturated carbocycles. The molecule has 2 atom stereocenters. The predicted octanol–water partition coefficient (Wildman–Crippen LogP) is 1.76. The summed E-state index contributed by atoms with van der Waals surface area (Å²) in [5.41, 5.74) is 0. The van der Waals surface area contributed by atoms with Gasteiger partial charge in [0.25, 0.3) is 0 Å². The van der Waals surface area contributed by atoms with Crippen LogP contribution in [-0.4, -0.2) is 25.2 Å². The van der Waals surface area contributed by atoms with Crippen LogP contribution in [0.25, 0.3) is 0 Å². The number of nitrogens with one attached hydrogen (secondary N) is 2. The molecule has 0 aromatic heterocycles. The molecule has 2 nitrogen and oxygen atoms in total. The average Bonchev–Trinajstić information content (AvgIpc) is 2.82. The second-order valence-corrected chi connectivity index (χ2v) is 4.43. The van der Waals surface area contributed by atoms with E-state index in [1.807, 2.05) is 0 Å². The first kappa shape index (κ1) is 11.0. The minimum atomic E-state index is 0.629. The van der Waals surface area contributed by atoms with Gasteiger partial charge in [-0.3, -0.25) is 0 Å². The van der Waals surface area contributed by atoms with Gasteiger partial charge in [0.15, 0.2) is 0 Å². The van der Waals surface area contributed by atoms with Crippen LogP contribution < -0.4 is 10.6 Å². The summed E-state index contributed by atoms with van der Waals surface area (Å²) < 4.78 is 0. The van der Waals surface area contributed by atoms with Crippen LogP contribution in [0.2, 0.25) is 0 Å². The third-order valence-electron chi connectivity index (χ3n) is 2.76. The SMILES string of the molecule is CCC1CC1NCCCNC(C)C. The minimum absolute atomic E-state index is 0.629. The first-order chi connectivity index (χ1) is 6.24. The Bertz CT molecular complexity index is 134. The molecule has 0 aliphatic heterocycles. The second-order valence-electron chi connectivity index (χ2n) is 4.43. The Morgan fingerprint density at radius 2 is 2.08 bits per heavy atom. The maximum absolute atomic E-state index is 3.59. The zero-order chi connectivity index (χ0) is 9.68. The van der Waals surface area contributed by atoms with Gasteiger partial charge in [-0.05, 0) is 31.8 Å². The van der Waals surface area contributed by atoms with Crippen molar-refractivity contribution >= 4 is 0 Å². The zero-order valence-electron chi connectivity index (χ0n) is 9.27. The Labute approximate surface area is 82.5 Å². The molecule has 78 valence electrons. The summed E-state index contributed by atoms with van der Waals surface area (Å²) in [6.07, 6.45) is 4.02. The van der Waals surface area contributed by atoms with E-state index >= 15 is 0 Å². The quantitative estimate of drug-likeness (QED) is 0.589. The summed E-state index contributed by atoms with van der Waals surface area (Å²) in [7, 11) is 0. The minimum Gasteiger partial charge on any atom is -0.314 e. The summed E-state index contributed by atoms with van der Waals surface area (Å²) in [4.78, 5) is 0. The summed E-state index contributed by atoms with van der Waals surface area (Å²) in [6, 6.07) is 1.48. The van der Waals surface area contributed by atoms with Crippen molar-refractivity contribution in [3.63, 3.8) is 0 Å². The summed E-state index contributed by atoms with van der Waals surface area (Å²) in [5, 5.41) is 7.02. The fraction of sp³-hybridized carbons (Fsp3) is 1.00. The molecule has 0 spiro atoms. The van der Waals surface area contributed by atoms with Crippen molar-refractivity contribution in [2.75, 3.05) is 13.1 Å². The lowest BCUT2D eigenvalue weighted by Crippen LogP contribution is -2.28. The van der Waals surface area contributed by atoms with Crippen LogP contribution in [-0.2, 0) is 0 Å². The van der Waals surface area contributed by atoms with Gasteiger partial charge in [0.2, 0.25) is 0 Å². The smallest absolute Gasteiger partial charge is 0.00990 e. The Morgan fingerprint density at radius 3 is 2.62 bits per heavy atom. The third-order valence-corrected chi connectivity index (χ3v) is 2.76. The van der Waals surface area contributed by atoms with Crippen molar-refractivity contribution < 1.29 is 0 Å². The molecule has 0 heterocycles. The molecule has 0 aromatic rings. The molecule has 2 heteroatoms. The predicted molar refractivity (Wildman–Crippen MR) is 57.9 cm³/mol. The van der Waals surface area contributed by atoms with Crippen LogP contribution >= 0.6 is 0 Å². The van der Waals surface area contributed by atoms with Gasteiger partial charge in [-0.15, -0.1) is 0 Å². The molecule has 0 amide bonds. The lowest BCUT2D eigenvalue weighted by molar-refractivity contribution is 0.537. The Hall–Kier alpha value is -0.0800. The first-order valence-electron chi connectivity index (χ1n) is 5.70. The highest BCUT2D eigenvalue weighted by atomic mass is 15.0. The Kier molecular flexibility index (Phi) is 4.74. The molecule has 2 N–H and O–H groups in total. The van der Waals surface area contributed by atoms with Gasteiger partial charge in [0.1, 0.15) is 0 Å². The van der Waals surface area contributed by atoms with E-state index in [2.05, 4.69) is 31.4 Å². The molecule has 1 aliphatic carbocycles. The van der Waals surface area contributed by atoms with Crippen LogP contribution in [0.15, 0.2) is 0 Å². The first-order valence-corrected chi connectivity index (χ1v) is 5.70. The van der Waals surface area contributed by atoms with E-state index in [0.29, 0.717) is 6.04 Å². The van der Waals surface area contributed by atoms with Crippen LogP contribution in [0.1, 0.15) is 40.0 Å². The van der Waals surface area contributed by atoms with Gasteiger partial charge < -0.3 is 10.6 Å². The lowest BCUT2D eigenvalue weighted by Gasteiger charge is -2.08. The second kappa shape index (κ2) is 5.61. The van der Waals surface area contributed by atoms with Gasteiger partial charge in [-0.25, -0.2) is 0 Å². The third kappa shape index (κ3) is 4.63. The highest BCUT2D eigenvalue weighted by molar-refractivity contribution is 4.91. The summed E-state index contributed by atoms with van der Waals surface area (Å²) in [5.74, 6) is 0.984. The normalized spacial score (nSPS) is 26.8. The van der Waals surface area contributed by atoms with E-state index in [0.717, 1.165) is 18.5 Å². The molecule has 0 radical (unpaired) electrons. The van der Waals surface area contributed by atoms with E-state index in [-0.39, 0.29) is 0 Å². The van der Waals surface area contributed by atoms with Gasteiger partial charge in [-0.1, -0.05) is 27.2 Å². The molecule has 0 saturated heterocycles. The molecular weight excluding hydrogens is 160 g/mol. The van der Waals surface area contributed by atoms with Gasteiger partial charge in [0.05, 0.1) is 0 Å². The Morgan fingerprint density at radius 1 is 1.31 bits per heavy atom. The average molecular weight is 184 g/mol. The molecule has 2 unspecified atom stereocenters. The van der Waals surface area contributed by atoms with E-state index in [1.54, 1.807) is 0 Å². The van der Waals surface area contributed by atoms with Crippen molar-refractivity contribution in [1.29, 1.82) is 0 Å². The lowest BCUT2D eigenvalue weighted by atomic mass is 10.3. The fourth-order valence-corrected chi connectivity index (χ4v) is 1.72. The molecule has 1 aliphatic rings. The zero-order valence-corrected chi connectivity index (χ0v) is 9.27. The standard InChI is InChI=1S/C11H24N2/c1-4-10-8-11(10)13-7-5-6-12-9(2)3/h9-13H,4-8H2,1-3H3. The van der Waals surface area contributed by atoms with Crippen LogP contribution in [0, 0.1) is 5.92 Å². The van der Waals surface area contributed by atoms with E-state index in [9.17, 15) is 0 Å². The molecule has 13 heavy (non-hydrogen) atoms. The molecule has 0 aromatic carbocycles. The number of hydrogen-bond donors (Lipinski definition) is 2. The maximum Gasteiger partial charge on any atom is 0.00990 e. The maximum atomic E-state index is 3.59. The highest BCUT2D eigenvalue weighted by Gasteiger charge is 2.34. The molecule has 0 bridgehead atoms. The number of rotatable bonds is 7. The fourth-order valence-electron chi connectivity index (χ4n) is 1.72. The van der Waals surface area contributed by atoms with E-state index in [1.165, 1.54) is 25.8 Å². The molecule has 1 fully saturated rings. The van der Waals surface area contributed by atoms with E-state index < -0.39 is 0 Å². The Balaban J connectivity index is 1.80. The van der Waals surface area contributed by atoms with Crippen molar-refractivity contribution in [2.24, 2.45) is 5.92 Å². The molecular formula is C11H24N2. The van der Waals surface area contributed by atoms with Crippen LogP contribution in [0.4, 0.5) is 0 Å². The monoisotopic (exact) mass is 184 g/mol. The highest BCUT2D eigenvalue weighted by Crippen LogP contribution is 2.32. The van der Waals surface area contributed by atoms with Crippen LogP contribution in [0.5, 0.6) is 0 Å². The van der Waals surface area contributed by atoms with Gasteiger partial charge in [0, 0.05) is 12.1 Å². The van der Waals surface area contributed by atoms with Gasteiger partial charge >= 0.3 is 0 Å². The largest absolute Gasteiger partial charge is 0.314 e. The van der Waals surface area contributed by atoms with Gasteiger partial charge in [-0.2, -0.15) is 0 Å². The summed E-state index contributed by atoms with van der Waals surface area (Å²) >= 11 is 0. The van der Waals surface area contributed by atoms with E-state index in [4.69, 9.17) is 0 Å². The van der Waals surface area contributed by atoms with Crippen molar-refractivity contribution in [3.05, 3.63) is 0 Å². The van der Waals surface area contributed by atoms with Crippen molar-refractivity contribution in [2.45, 2.75) is 52.1 Å². The van der Waals surface area contributed by atoms with Crippen molar-refractivity contribution in [1.82, 2.24) is 10.6 Å². The summed E-state index contributed by atoms with van der Waals surface area (Å²) in [6.45, 7) is 9.00. The number of hydrogen-bond acceptors (Lipinski definition) is 2.